The molecule has 1 N–H and O–H groups in total. The van der Waals surface area contributed by atoms with Gasteiger partial charge in [0.2, 0.25) is 6.54 Å². The molecule has 1 fully saturated rings. The van der Waals surface area contributed by atoms with Crippen LogP contribution in [0.4, 0.5) is 0 Å². The molecule has 0 aromatic rings. The molecule has 2 aliphatic rings. The molecule has 0 aliphatic heterocycles. The second kappa shape index (κ2) is 6.25. The van der Waals surface area contributed by atoms with Crippen LogP contribution in [0.15, 0.2) is 11.6 Å². The highest BCUT2D eigenvalue weighted by Crippen LogP contribution is 2.64. The van der Waals surface area contributed by atoms with E-state index in [9.17, 15) is 20.0 Å². The average Bonchev–Trinajstić information content (AvgIpc) is 2.71. The Hall–Kier alpha value is -1.39. The zero-order valence-electron chi connectivity index (χ0n) is 14.7. The van der Waals surface area contributed by atoms with Crippen molar-refractivity contribution in [3.05, 3.63) is 21.8 Å². The first-order valence-electron chi connectivity index (χ1n) is 8.66. The number of aliphatic carboxylic acids is 1. The Morgan fingerprint density at radius 3 is 2.65 bits per heavy atom. The van der Waals surface area contributed by atoms with Crippen molar-refractivity contribution < 1.29 is 14.8 Å². The third-order valence-electron chi connectivity index (χ3n) is 5.72. The summed E-state index contributed by atoms with van der Waals surface area (Å²) in [6.07, 6.45) is 7.17. The van der Waals surface area contributed by atoms with E-state index < -0.39 is 22.7 Å². The maximum atomic E-state index is 12.0. The van der Waals surface area contributed by atoms with Crippen molar-refractivity contribution in [3.8, 4) is 0 Å². The van der Waals surface area contributed by atoms with Gasteiger partial charge in [0.1, 0.15) is 0 Å². The molecule has 4 atom stereocenters. The van der Waals surface area contributed by atoms with Gasteiger partial charge in [0.15, 0.2) is 0 Å². The first-order valence-corrected chi connectivity index (χ1v) is 8.66. The molecular formula is C18H29NO4. The van der Waals surface area contributed by atoms with Gasteiger partial charge >= 0.3 is 5.97 Å². The molecule has 0 aromatic heterocycles. The molecule has 2 rings (SSSR count). The molecule has 5 nitrogen and oxygen atoms in total. The minimum absolute atomic E-state index is 0.0556. The fraction of sp³-hybridized carbons (Fsp3) is 0.833. The van der Waals surface area contributed by atoms with Crippen LogP contribution >= 0.6 is 0 Å². The number of allylic oxidation sites excluding steroid dienone is 2. The molecule has 0 heterocycles. The number of rotatable bonds is 7. The second-order valence-electron chi connectivity index (χ2n) is 8.48. The van der Waals surface area contributed by atoms with Gasteiger partial charge in [0, 0.05) is 4.92 Å². The summed E-state index contributed by atoms with van der Waals surface area (Å²) in [5, 5.41) is 21.1. The molecule has 1 saturated carbocycles. The molecular weight excluding hydrogens is 294 g/mol. The van der Waals surface area contributed by atoms with Gasteiger partial charge in [-0.25, -0.2) is 0 Å². The van der Waals surface area contributed by atoms with Gasteiger partial charge in [0.25, 0.3) is 0 Å². The fourth-order valence-corrected chi connectivity index (χ4v) is 5.10. The van der Waals surface area contributed by atoms with E-state index in [1.807, 2.05) is 20.8 Å². The van der Waals surface area contributed by atoms with Crippen molar-refractivity contribution >= 4 is 5.97 Å². The minimum Gasteiger partial charge on any atom is -0.481 e. The quantitative estimate of drug-likeness (QED) is 0.433. The minimum atomic E-state index is -0.895. The van der Waals surface area contributed by atoms with Crippen molar-refractivity contribution in [2.45, 2.75) is 59.8 Å². The summed E-state index contributed by atoms with van der Waals surface area (Å²) in [5.74, 6) is -1.12. The Morgan fingerprint density at radius 2 is 2.17 bits per heavy atom. The normalized spacial score (nSPS) is 31.0. The first kappa shape index (κ1) is 18.0. The van der Waals surface area contributed by atoms with Gasteiger partial charge in [-0.05, 0) is 42.9 Å². The van der Waals surface area contributed by atoms with Crippen LogP contribution in [0, 0.1) is 38.7 Å². The Balaban J connectivity index is 2.34. The molecule has 23 heavy (non-hydrogen) atoms. The zero-order chi connectivity index (χ0) is 17.4. The fourth-order valence-electron chi connectivity index (χ4n) is 5.10. The predicted octanol–water partition coefficient (Wildman–Crippen LogP) is 4.15. The van der Waals surface area contributed by atoms with E-state index in [1.54, 1.807) is 0 Å². The van der Waals surface area contributed by atoms with Gasteiger partial charge < -0.3 is 5.11 Å². The second-order valence-corrected chi connectivity index (χ2v) is 8.48. The highest BCUT2D eigenvalue weighted by atomic mass is 16.6. The van der Waals surface area contributed by atoms with Crippen LogP contribution in [0.5, 0.6) is 0 Å². The summed E-state index contributed by atoms with van der Waals surface area (Å²) in [6.45, 7) is 7.58. The molecule has 5 heteroatoms. The summed E-state index contributed by atoms with van der Waals surface area (Å²) >= 11 is 0. The number of unbranched alkanes of at least 4 members (excludes halogenated alkanes) is 1. The lowest BCUT2D eigenvalue weighted by Crippen LogP contribution is -2.59. The lowest BCUT2D eigenvalue weighted by Gasteiger charge is -2.55. The molecule has 0 spiro atoms. The van der Waals surface area contributed by atoms with Crippen molar-refractivity contribution in [3.63, 3.8) is 0 Å². The van der Waals surface area contributed by atoms with E-state index in [-0.39, 0.29) is 17.4 Å². The summed E-state index contributed by atoms with van der Waals surface area (Å²) < 4.78 is 0. The van der Waals surface area contributed by atoms with E-state index in [0.29, 0.717) is 12.3 Å². The Labute approximate surface area is 138 Å². The molecule has 2 aliphatic carbocycles. The number of hydrogen-bond donors (Lipinski definition) is 1. The maximum Gasteiger partial charge on any atom is 0.307 e. The van der Waals surface area contributed by atoms with Crippen LogP contribution in [0.1, 0.15) is 59.8 Å². The SMILES string of the molecule is CCCCC1=C[C@H]2[C@H](C1)C[C@@]2(C[N+](=O)[O-])C(C(=O)O)C(C)(C)C. The first-order chi connectivity index (χ1) is 10.6. The van der Waals surface area contributed by atoms with E-state index in [1.165, 1.54) is 5.57 Å². The maximum absolute atomic E-state index is 12.0. The van der Waals surface area contributed by atoms with Crippen LogP contribution in [-0.4, -0.2) is 22.5 Å². The summed E-state index contributed by atoms with van der Waals surface area (Å²) in [5.41, 5.74) is 0.157. The van der Waals surface area contributed by atoms with Crippen LogP contribution in [0.25, 0.3) is 0 Å². The summed E-state index contributed by atoms with van der Waals surface area (Å²) in [7, 11) is 0. The smallest absolute Gasteiger partial charge is 0.307 e. The van der Waals surface area contributed by atoms with Crippen LogP contribution in [-0.2, 0) is 4.79 Å². The van der Waals surface area contributed by atoms with Crippen molar-refractivity contribution in [2.24, 2.45) is 28.6 Å². The number of nitro groups is 1. The highest BCUT2D eigenvalue weighted by molar-refractivity contribution is 5.72. The van der Waals surface area contributed by atoms with E-state index >= 15 is 0 Å². The average molecular weight is 323 g/mol. The Kier molecular flexibility index (Phi) is 4.88. The third kappa shape index (κ3) is 3.29. The molecule has 0 amide bonds. The van der Waals surface area contributed by atoms with Crippen molar-refractivity contribution in [1.82, 2.24) is 0 Å². The molecule has 0 bridgehead atoms. The monoisotopic (exact) mass is 323 g/mol. The van der Waals surface area contributed by atoms with Gasteiger partial charge in [-0.2, -0.15) is 0 Å². The number of fused-ring (bicyclic) bond motifs is 1. The number of nitrogens with zero attached hydrogens (tertiary/aromatic N) is 1. The molecule has 0 aromatic carbocycles. The third-order valence-corrected chi connectivity index (χ3v) is 5.72. The van der Waals surface area contributed by atoms with Crippen molar-refractivity contribution in [1.29, 1.82) is 0 Å². The van der Waals surface area contributed by atoms with Crippen LogP contribution < -0.4 is 0 Å². The number of hydrogen-bond acceptors (Lipinski definition) is 3. The largest absolute Gasteiger partial charge is 0.481 e. The van der Waals surface area contributed by atoms with Gasteiger partial charge in [-0.3, -0.25) is 14.9 Å². The van der Waals surface area contributed by atoms with Crippen LogP contribution in [0.3, 0.4) is 0 Å². The molecule has 0 saturated heterocycles. The lowest BCUT2D eigenvalue weighted by atomic mass is 9.46. The summed E-state index contributed by atoms with van der Waals surface area (Å²) in [6, 6.07) is 0. The van der Waals surface area contributed by atoms with E-state index in [4.69, 9.17) is 0 Å². The summed E-state index contributed by atoms with van der Waals surface area (Å²) in [4.78, 5) is 23.0. The lowest BCUT2D eigenvalue weighted by molar-refractivity contribution is -0.510. The number of carboxylic acid groups (broad SMARTS) is 1. The zero-order valence-corrected chi connectivity index (χ0v) is 14.7. The Bertz CT molecular complexity index is 520. The molecule has 1 unspecified atom stereocenters. The number of carboxylic acids is 1. The Morgan fingerprint density at radius 1 is 1.52 bits per heavy atom. The van der Waals surface area contributed by atoms with Crippen molar-refractivity contribution in [2.75, 3.05) is 6.54 Å². The van der Waals surface area contributed by atoms with Crippen LogP contribution in [0.2, 0.25) is 0 Å². The molecule has 130 valence electrons. The number of carbonyl (C=O) groups is 1. The predicted molar refractivity (Wildman–Crippen MR) is 88.7 cm³/mol. The van der Waals surface area contributed by atoms with E-state index in [2.05, 4.69) is 13.0 Å². The molecule has 0 radical (unpaired) electrons. The van der Waals surface area contributed by atoms with Gasteiger partial charge in [0.05, 0.1) is 11.3 Å². The van der Waals surface area contributed by atoms with Gasteiger partial charge in [-0.1, -0.05) is 45.8 Å². The standard InChI is InChI=1S/C18H29NO4/c1-5-6-7-12-8-13-10-18(11-19(22)23,14(13)9-12)15(16(20)21)17(2,3)4/h9,13-15H,5-8,10-11H2,1-4H3,(H,20,21)/t13-,14+,15?,18+/m1/s1. The van der Waals surface area contributed by atoms with E-state index in [0.717, 1.165) is 25.7 Å². The van der Waals surface area contributed by atoms with Gasteiger partial charge in [-0.15, -0.1) is 0 Å². The highest BCUT2D eigenvalue weighted by Gasteiger charge is 2.65. The topological polar surface area (TPSA) is 80.4 Å².